The molecule has 0 saturated heterocycles. The number of rotatable bonds is 8. The van der Waals surface area contributed by atoms with Gasteiger partial charge in [0.2, 0.25) is 5.91 Å². The number of ether oxygens (including phenoxy) is 2. The van der Waals surface area contributed by atoms with Crippen LogP contribution in [0.3, 0.4) is 0 Å². The second-order valence-electron chi connectivity index (χ2n) is 4.10. The summed E-state index contributed by atoms with van der Waals surface area (Å²) in [4.78, 5) is 11.4. The van der Waals surface area contributed by atoms with Gasteiger partial charge in [-0.1, -0.05) is 18.2 Å². The molecule has 0 atom stereocenters. The molecule has 0 bridgehead atoms. The number of carbonyl (C=O) groups is 1. The maximum absolute atomic E-state index is 12.2. The van der Waals surface area contributed by atoms with E-state index in [0.717, 1.165) is 0 Å². The first kappa shape index (κ1) is 17.3. The highest BCUT2D eigenvalue weighted by Crippen LogP contribution is 2.25. The molecule has 0 spiro atoms. The van der Waals surface area contributed by atoms with Gasteiger partial charge in [0.15, 0.2) is 0 Å². The second kappa shape index (κ2) is 8.48. The van der Waals surface area contributed by atoms with Crippen molar-refractivity contribution in [3.05, 3.63) is 29.8 Å². The van der Waals surface area contributed by atoms with Crippen LogP contribution in [0.1, 0.15) is 5.56 Å². The lowest BCUT2D eigenvalue weighted by Crippen LogP contribution is -2.35. The largest absolute Gasteiger partial charge is 0.573 e. The molecule has 0 unspecified atom stereocenters. The van der Waals surface area contributed by atoms with Gasteiger partial charge in [0.25, 0.3) is 0 Å². The summed E-state index contributed by atoms with van der Waals surface area (Å²) in [5, 5.41) is 5.34. The summed E-state index contributed by atoms with van der Waals surface area (Å²) < 4.78 is 45.4. The molecule has 2 N–H and O–H groups in total. The van der Waals surface area contributed by atoms with Crippen LogP contribution in [0.15, 0.2) is 24.3 Å². The van der Waals surface area contributed by atoms with Crippen molar-refractivity contribution in [2.45, 2.75) is 12.9 Å². The van der Waals surface area contributed by atoms with E-state index in [4.69, 9.17) is 4.74 Å². The van der Waals surface area contributed by atoms with E-state index in [0.29, 0.717) is 18.7 Å². The fourth-order valence-corrected chi connectivity index (χ4v) is 1.54. The molecule has 0 aliphatic rings. The topological polar surface area (TPSA) is 59.6 Å². The van der Waals surface area contributed by atoms with Crippen LogP contribution >= 0.6 is 0 Å². The van der Waals surface area contributed by atoms with Gasteiger partial charge in [-0.3, -0.25) is 4.79 Å². The Kier molecular flexibility index (Phi) is 6.97. The minimum atomic E-state index is -4.74. The van der Waals surface area contributed by atoms with Crippen molar-refractivity contribution in [2.75, 3.05) is 26.8 Å². The Hall–Kier alpha value is -1.80. The predicted molar refractivity (Wildman–Crippen MR) is 69.7 cm³/mol. The van der Waals surface area contributed by atoms with E-state index in [1.165, 1.54) is 25.3 Å². The minimum Gasteiger partial charge on any atom is -0.405 e. The van der Waals surface area contributed by atoms with Crippen molar-refractivity contribution >= 4 is 5.91 Å². The number of nitrogens with one attached hydrogen (secondary N) is 2. The van der Waals surface area contributed by atoms with Gasteiger partial charge < -0.3 is 20.1 Å². The Morgan fingerprint density at radius 2 is 2.00 bits per heavy atom. The summed E-state index contributed by atoms with van der Waals surface area (Å²) in [5.74, 6) is -0.543. The van der Waals surface area contributed by atoms with E-state index in [2.05, 4.69) is 15.4 Å². The van der Waals surface area contributed by atoms with E-state index in [-0.39, 0.29) is 24.7 Å². The minimum absolute atomic E-state index is 0.00985. The quantitative estimate of drug-likeness (QED) is 0.714. The summed E-state index contributed by atoms with van der Waals surface area (Å²) in [7, 11) is 1.52. The summed E-state index contributed by atoms with van der Waals surface area (Å²) in [5.41, 5.74) is 0.319. The number of para-hydroxylation sites is 1. The van der Waals surface area contributed by atoms with Crippen LogP contribution in [0.25, 0.3) is 0 Å². The first-order valence-corrected chi connectivity index (χ1v) is 6.22. The van der Waals surface area contributed by atoms with Crippen molar-refractivity contribution in [1.82, 2.24) is 10.6 Å². The van der Waals surface area contributed by atoms with Crippen molar-refractivity contribution < 1.29 is 27.4 Å². The van der Waals surface area contributed by atoms with Crippen molar-refractivity contribution in [2.24, 2.45) is 0 Å². The molecule has 1 rings (SSSR count). The summed E-state index contributed by atoms with van der Waals surface area (Å²) in [6.07, 6.45) is -4.74. The molecule has 0 radical (unpaired) electrons. The van der Waals surface area contributed by atoms with E-state index in [1.807, 2.05) is 0 Å². The third kappa shape index (κ3) is 7.52. The van der Waals surface area contributed by atoms with Crippen LogP contribution in [0.2, 0.25) is 0 Å². The first-order chi connectivity index (χ1) is 9.92. The monoisotopic (exact) mass is 306 g/mol. The Labute approximate surface area is 120 Å². The third-order valence-corrected chi connectivity index (χ3v) is 2.43. The van der Waals surface area contributed by atoms with Crippen LogP contribution in [0.5, 0.6) is 5.75 Å². The van der Waals surface area contributed by atoms with E-state index >= 15 is 0 Å². The molecule has 0 saturated carbocycles. The highest BCUT2D eigenvalue weighted by Gasteiger charge is 2.31. The normalized spacial score (nSPS) is 11.2. The zero-order valence-electron chi connectivity index (χ0n) is 11.5. The van der Waals surface area contributed by atoms with Gasteiger partial charge in [-0.25, -0.2) is 0 Å². The Morgan fingerprint density at radius 1 is 1.29 bits per heavy atom. The molecule has 8 heteroatoms. The fourth-order valence-electron chi connectivity index (χ4n) is 1.54. The molecule has 118 valence electrons. The van der Waals surface area contributed by atoms with Gasteiger partial charge in [0.05, 0.1) is 13.2 Å². The molecule has 1 aromatic carbocycles. The van der Waals surface area contributed by atoms with E-state index in [1.54, 1.807) is 6.07 Å². The standard InChI is InChI=1S/C13H17F3N2O3/c1-20-7-6-18-12(19)9-17-8-10-4-2-3-5-11(10)21-13(14,15)16/h2-5,17H,6-9H2,1H3,(H,18,19). The first-order valence-electron chi connectivity index (χ1n) is 6.22. The van der Waals surface area contributed by atoms with Gasteiger partial charge in [-0.05, 0) is 6.07 Å². The number of carbonyl (C=O) groups excluding carboxylic acids is 1. The molecule has 0 heterocycles. The predicted octanol–water partition coefficient (Wildman–Crippen LogP) is 1.44. The number of alkyl halides is 3. The lowest BCUT2D eigenvalue weighted by Gasteiger charge is -2.13. The summed E-state index contributed by atoms with van der Waals surface area (Å²) in [6, 6.07) is 5.76. The number of methoxy groups -OCH3 is 1. The molecule has 0 aromatic heterocycles. The van der Waals surface area contributed by atoms with Crippen molar-refractivity contribution in [1.29, 1.82) is 0 Å². The average Bonchev–Trinajstić information content (AvgIpc) is 2.39. The Balaban J connectivity index is 2.43. The zero-order chi connectivity index (χ0) is 15.7. The fraction of sp³-hybridized carbons (Fsp3) is 0.462. The maximum atomic E-state index is 12.2. The van der Waals surface area contributed by atoms with Gasteiger partial charge >= 0.3 is 6.36 Å². The average molecular weight is 306 g/mol. The lowest BCUT2D eigenvalue weighted by molar-refractivity contribution is -0.274. The molecule has 0 aliphatic heterocycles. The van der Waals surface area contributed by atoms with Crippen LogP contribution in [-0.4, -0.2) is 39.1 Å². The Bertz CT molecular complexity index is 453. The van der Waals surface area contributed by atoms with Crippen molar-refractivity contribution in [3.63, 3.8) is 0 Å². The van der Waals surface area contributed by atoms with Crippen LogP contribution in [0, 0.1) is 0 Å². The van der Waals surface area contributed by atoms with Crippen LogP contribution < -0.4 is 15.4 Å². The SMILES string of the molecule is COCCNC(=O)CNCc1ccccc1OC(F)(F)F. The zero-order valence-corrected chi connectivity index (χ0v) is 11.5. The van der Waals surface area contributed by atoms with Gasteiger partial charge in [-0.15, -0.1) is 13.2 Å². The molecular weight excluding hydrogens is 289 g/mol. The summed E-state index contributed by atoms with van der Waals surface area (Å²) >= 11 is 0. The molecule has 1 aromatic rings. The number of hydrogen-bond donors (Lipinski definition) is 2. The molecule has 21 heavy (non-hydrogen) atoms. The molecule has 0 aliphatic carbocycles. The van der Waals surface area contributed by atoms with Crippen LogP contribution in [-0.2, 0) is 16.1 Å². The Morgan fingerprint density at radius 3 is 2.67 bits per heavy atom. The molecule has 0 fully saturated rings. The number of amides is 1. The highest BCUT2D eigenvalue weighted by atomic mass is 19.4. The smallest absolute Gasteiger partial charge is 0.405 e. The maximum Gasteiger partial charge on any atom is 0.573 e. The highest BCUT2D eigenvalue weighted by molar-refractivity contribution is 5.77. The van der Waals surface area contributed by atoms with Gasteiger partial charge in [0, 0.05) is 25.8 Å². The van der Waals surface area contributed by atoms with E-state index < -0.39 is 6.36 Å². The molecular formula is C13H17F3N2O3. The van der Waals surface area contributed by atoms with Gasteiger partial charge in [-0.2, -0.15) is 0 Å². The number of halogens is 3. The summed E-state index contributed by atoms with van der Waals surface area (Å²) in [6.45, 7) is 0.854. The number of hydrogen-bond acceptors (Lipinski definition) is 4. The van der Waals surface area contributed by atoms with Crippen LogP contribution in [0.4, 0.5) is 13.2 Å². The molecule has 1 amide bonds. The lowest BCUT2D eigenvalue weighted by atomic mass is 10.2. The van der Waals surface area contributed by atoms with Gasteiger partial charge in [0.1, 0.15) is 5.75 Å². The van der Waals surface area contributed by atoms with Crippen molar-refractivity contribution in [3.8, 4) is 5.75 Å². The van der Waals surface area contributed by atoms with E-state index in [9.17, 15) is 18.0 Å². The number of benzene rings is 1. The second-order valence-corrected chi connectivity index (χ2v) is 4.10. The third-order valence-electron chi connectivity index (χ3n) is 2.43. The molecule has 5 nitrogen and oxygen atoms in total.